The fourth-order valence-electron chi connectivity index (χ4n) is 1.82. The van der Waals surface area contributed by atoms with E-state index in [1.165, 1.54) is 10.9 Å². The van der Waals surface area contributed by atoms with Gasteiger partial charge in [0.2, 0.25) is 0 Å². The molecular formula is C11H8ClN5O2. The smallest absolute Gasteiger partial charge is 0.358 e. The van der Waals surface area contributed by atoms with E-state index in [4.69, 9.17) is 11.6 Å². The summed E-state index contributed by atoms with van der Waals surface area (Å²) in [5.41, 5.74) is 1.56. The molecule has 0 saturated heterocycles. The third-order valence-corrected chi connectivity index (χ3v) is 2.88. The van der Waals surface area contributed by atoms with Crippen LogP contribution in [-0.2, 0) is 6.54 Å². The Morgan fingerprint density at radius 2 is 2.21 bits per heavy atom. The molecule has 0 aliphatic carbocycles. The highest BCUT2D eigenvalue weighted by Gasteiger charge is 2.19. The Bertz CT molecular complexity index is 730. The Labute approximate surface area is 112 Å². The van der Waals surface area contributed by atoms with Gasteiger partial charge in [0.1, 0.15) is 12.2 Å². The van der Waals surface area contributed by atoms with Gasteiger partial charge in [-0.2, -0.15) is 4.68 Å². The van der Waals surface area contributed by atoms with Gasteiger partial charge < -0.3 is 14.5 Å². The number of pyridine rings is 1. The maximum Gasteiger partial charge on any atom is 0.408 e. The van der Waals surface area contributed by atoms with Crippen molar-refractivity contribution in [3.8, 4) is 0 Å². The third-order valence-electron chi connectivity index (χ3n) is 2.61. The minimum Gasteiger partial charge on any atom is -0.358 e. The number of aromatic nitrogens is 4. The van der Waals surface area contributed by atoms with E-state index < -0.39 is 4.92 Å². The van der Waals surface area contributed by atoms with Crippen molar-refractivity contribution in [2.45, 2.75) is 6.54 Å². The van der Waals surface area contributed by atoms with Crippen LogP contribution >= 0.6 is 11.6 Å². The molecule has 0 fully saturated rings. The van der Waals surface area contributed by atoms with Crippen LogP contribution in [0.1, 0.15) is 5.69 Å². The first-order valence-electron chi connectivity index (χ1n) is 5.43. The average molecular weight is 278 g/mol. The lowest BCUT2D eigenvalue weighted by Crippen LogP contribution is -2.01. The first kappa shape index (κ1) is 11.7. The van der Waals surface area contributed by atoms with Gasteiger partial charge in [0.05, 0.1) is 17.0 Å². The Morgan fingerprint density at radius 1 is 1.37 bits per heavy atom. The highest BCUT2D eigenvalue weighted by molar-refractivity contribution is 6.32. The molecule has 3 rings (SSSR count). The van der Waals surface area contributed by atoms with Gasteiger partial charge in [-0.3, -0.25) is 0 Å². The Balaban J connectivity index is 1.92. The number of hydrogen-bond acceptors (Lipinski definition) is 4. The molecule has 96 valence electrons. The minimum atomic E-state index is -0.609. The van der Waals surface area contributed by atoms with Gasteiger partial charge in [0, 0.05) is 12.4 Å². The van der Waals surface area contributed by atoms with Crippen LogP contribution in [0.15, 0.2) is 36.8 Å². The van der Waals surface area contributed by atoms with Crippen molar-refractivity contribution in [1.29, 1.82) is 0 Å². The lowest BCUT2D eigenvalue weighted by atomic mass is 10.5. The van der Waals surface area contributed by atoms with Gasteiger partial charge in [-0.15, -0.1) is 0 Å². The normalized spacial score (nSPS) is 11.0. The van der Waals surface area contributed by atoms with Gasteiger partial charge in [-0.25, -0.2) is 4.98 Å². The molecule has 8 heteroatoms. The molecule has 0 aliphatic heterocycles. The largest absolute Gasteiger partial charge is 0.408 e. The Morgan fingerprint density at radius 3 is 2.89 bits per heavy atom. The van der Waals surface area contributed by atoms with Gasteiger partial charge >= 0.3 is 5.82 Å². The van der Waals surface area contributed by atoms with Crippen molar-refractivity contribution in [3.63, 3.8) is 0 Å². The summed E-state index contributed by atoms with van der Waals surface area (Å²) in [6.45, 7) is 0.329. The Hall–Kier alpha value is -2.41. The van der Waals surface area contributed by atoms with Crippen LogP contribution in [0.2, 0.25) is 5.02 Å². The van der Waals surface area contributed by atoms with Crippen molar-refractivity contribution in [3.05, 3.63) is 57.6 Å². The van der Waals surface area contributed by atoms with Crippen LogP contribution in [0.4, 0.5) is 5.82 Å². The standard InChI is InChI=1S/C11H8ClN5O2/c12-9-7-16(14-11(9)17(18)19)6-8-5-15-4-2-1-3-10(15)13-8/h1-5,7H,6H2. The minimum absolute atomic E-state index is 0.0220. The molecule has 0 N–H and O–H groups in total. The van der Waals surface area contributed by atoms with Gasteiger partial charge in [0.15, 0.2) is 5.02 Å². The Kier molecular flexibility index (Phi) is 2.68. The molecule has 3 aromatic heterocycles. The number of nitrogens with zero attached hydrogens (tertiary/aromatic N) is 5. The van der Waals surface area contributed by atoms with Crippen LogP contribution in [0.3, 0.4) is 0 Å². The lowest BCUT2D eigenvalue weighted by Gasteiger charge is -1.90. The molecule has 3 aromatic rings. The monoisotopic (exact) mass is 277 g/mol. The van der Waals surface area contributed by atoms with Crippen LogP contribution in [0, 0.1) is 10.1 Å². The van der Waals surface area contributed by atoms with Gasteiger partial charge in [-0.1, -0.05) is 17.7 Å². The first-order valence-corrected chi connectivity index (χ1v) is 5.81. The summed E-state index contributed by atoms with van der Waals surface area (Å²) in [4.78, 5) is 14.4. The van der Waals surface area contributed by atoms with Gasteiger partial charge in [-0.05, 0) is 17.1 Å². The second kappa shape index (κ2) is 4.36. The predicted molar refractivity (Wildman–Crippen MR) is 68.2 cm³/mol. The summed E-state index contributed by atoms with van der Waals surface area (Å²) in [6.07, 6.45) is 5.14. The van der Waals surface area contributed by atoms with Crippen LogP contribution < -0.4 is 0 Å². The maximum atomic E-state index is 10.7. The van der Waals surface area contributed by atoms with Crippen molar-refractivity contribution < 1.29 is 4.92 Å². The molecule has 0 amide bonds. The SMILES string of the molecule is O=[N+]([O-])c1nn(Cc2cn3ccccc3n2)cc1Cl. The molecule has 0 radical (unpaired) electrons. The number of rotatable bonds is 3. The molecule has 0 aromatic carbocycles. The summed E-state index contributed by atoms with van der Waals surface area (Å²) in [6, 6.07) is 5.66. The quantitative estimate of drug-likeness (QED) is 0.543. The molecular weight excluding hydrogens is 270 g/mol. The molecule has 0 atom stereocenters. The highest BCUT2D eigenvalue weighted by atomic mass is 35.5. The van der Waals surface area contributed by atoms with E-state index in [1.54, 1.807) is 0 Å². The molecule has 7 nitrogen and oxygen atoms in total. The third kappa shape index (κ3) is 2.15. The molecule has 19 heavy (non-hydrogen) atoms. The van der Waals surface area contributed by atoms with Crippen molar-refractivity contribution in [1.82, 2.24) is 19.2 Å². The average Bonchev–Trinajstić information content (AvgIpc) is 2.92. The van der Waals surface area contributed by atoms with Crippen LogP contribution in [0.25, 0.3) is 5.65 Å². The van der Waals surface area contributed by atoms with E-state index in [0.717, 1.165) is 11.3 Å². The van der Waals surface area contributed by atoms with E-state index >= 15 is 0 Å². The van der Waals surface area contributed by atoms with E-state index in [0.29, 0.717) is 6.54 Å². The van der Waals surface area contributed by atoms with E-state index in [-0.39, 0.29) is 10.8 Å². The van der Waals surface area contributed by atoms with Crippen molar-refractivity contribution in [2.24, 2.45) is 0 Å². The zero-order chi connectivity index (χ0) is 13.4. The predicted octanol–water partition coefficient (Wildman–Crippen LogP) is 2.14. The lowest BCUT2D eigenvalue weighted by molar-refractivity contribution is -0.389. The molecule has 0 aliphatic rings. The first-order chi connectivity index (χ1) is 9.13. The number of imidazole rings is 1. The van der Waals surface area contributed by atoms with Gasteiger partial charge in [0.25, 0.3) is 0 Å². The second-order valence-electron chi connectivity index (χ2n) is 3.95. The van der Waals surface area contributed by atoms with E-state index in [2.05, 4.69) is 10.1 Å². The fraction of sp³-hybridized carbons (Fsp3) is 0.0909. The summed E-state index contributed by atoms with van der Waals surface area (Å²) < 4.78 is 3.27. The van der Waals surface area contributed by atoms with Crippen LogP contribution in [0.5, 0.6) is 0 Å². The van der Waals surface area contributed by atoms with E-state index in [1.807, 2.05) is 35.0 Å². The highest BCUT2D eigenvalue weighted by Crippen LogP contribution is 2.21. The fourth-order valence-corrected chi connectivity index (χ4v) is 2.04. The number of nitro groups is 1. The molecule has 0 saturated carbocycles. The van der Waals surface area contributed by atoms with Crippen molar-refractivity contribution >= 4 is 23.1 Å². The second-order valence-corrected chi connectivity index (χ2v) is 4.36. The van der Waals surface area contributed by atoms with Crippen molar-refractivity contribution in [2.75, 3.05) is 0 Å². The molecule has 0 bridgehead atoms. The number of hydrogen-bond donors (Lipinski definition) is 0. The van der Waals surface area contributed by atoms with E-state index in [9.17, 15) is 10.1 Å². The molecule has 3 heterocycles. The summed E-state index contributed by atoms with van der Waals surface area (Å²) >= 11 is 5.73. The molecule has 0 unspecified atom stereocenters. The zero-order valence-electron chi connectivity index (χ0n) is 9.60. The maximum absolute atomic E-state index is 10.7. The van der Waals surface area contributed by atoms with Crippen LogP contribution in [-0.4, -0.2) is 24.1 Å². The summed E-state index contributed by atoms with van der Waals surface area (Å²) in [5.74, 6) is -0.342. The topological polar surface area (TPSA) is 78.3 Å². The number of fused-ring (bicyclic) bond motifs is 1. The zero-order valence-corrected chi connectivity index (χ0v) is 10.4. The molecule has 0 spiro atoms. The summed E-state index contributed by atoms with van der Waals surface area (Å²) in [5, 5.41) is 14.5. The summed E-state index contributed by atoms with van der Waals surface area (Å²) in [7, 11) is 0. The number of halogens is 1.